The van der Waals surface area contributed by atoms with Crippen molar-refractivity contribution < 1.29 is 14.0 Å². The normalized spacial score (nSPS) is 13.1. The third-order valence-electron chi connectivity index (χ3n) is 3.96. The van der Waals surface area contributed by atoms with Crippen LogP contribution in [-0.2, 0) is 29.0 Å². The minimum atomic E-state index is -0.345. The van der Waals surface area contributed by atoms with Gasteiger partial charge >= 0.3 is 0 Å². The molecule has 0 atom stereocenters. The van der Waals surface area contributed by atoms with E-state index in [4.69, 9.17) is 0 Å². The smallest absolute Gasteiger partial charge is 0.231 e. The van der Waals surface area contributed by atoms with Gasteiger partial charge in [-0.15, -0.1) is 0 Å². The number of amides is 2. The van der Waals surface area contributed by atoms with Crippen molar-refractivity contribution in [2.45, 2.75) is 19.4 Å². The maximum atomic E-state index is 13.1. The van der Waals surface area contributed by atoms with Gasteiger partial charge in [-0.05, 0) is 34.9 Å². The first-order chi connectivity index (χ1) is 11.0. The van der Waals surface area contributed by atoms with E-state index in [1.807, 2.05) is 18.2 Å². The molecule has 0 unspecified atom stereocenters. The summed E-state index contributed by atoms with van der Waals surface area (Å²) in [5.74, 6) is -0.431. The molecule has 1 N–H and O–H groups in total. The van der Waals surface area contributed by atoms with E-state index in [0.717, 1.165) is 16.8 Å². The number of hydrogen-bond donors (Lipinski definition) is 1. The van der Waals surface area contributed by atoms with Crippen LogP contribution >= 0.6 is 0 Å². The van der Waals surface area contributed by atoms with Crippen molar-refractivity contribution >= 4 is 17.5 Å². The fraction of sp³-hybridized carbons (Fsp3) is 0.222. The van der Waals surface area contributed by atoms with Gasteiger partial charge in [-0.3, -0.25) is 9.59 Å². The zero-order chi connectivity index (χ0) is 16.4. The van der Waals surface area contributed by atoms with E-state index >= 15 is 0 Å². The molecule has 0 radical (unpaired) electrons. The van der Waals surface area contributed by atoms with Crippen molar-refractivity contribution in [2.24, 2.45) is 0 Å². The van der Waals surface area contributed by atoms with Crippen LogP contribution in [0.2, 0.25) is 0 Å². The van der Waals surface area contributed by atoms with E-state index < -0.39 is 0 Å². The molecule has 2 aromatic carbocycles. The summed E-state index contributed by atoms with van der Waals surface area (Å²) in [4.78, 5) is 25.2. The van der Waals surface area contributed by atoms with Crippen LogP contribution in [0.25, 0.3) is 0 Å². The molecule has 2 amide bonds. The molecule has 1 aliphatic rings. The van der Waals surface area contributed by atoms with Crippen molar-refractivity contribution in [1.82, 2.24) is 5.32 Å². The highest BCUT2D eigenvalue weighted by molar-refractivity contribution is 6.00. The number of hydrogen-bond acceptors (Lipinski definition) is 2. The molecule has 0 bridgehead atoms. The molecule has 0 fully saturated rings. The maximum Gasteiger partial charge on any atom is 0.231 e. The van der Waals surface area contributed by atoms with Crippen molar-refractivity contribution in [2.75, 3.05) is 11.9 Å². The average Bonchev–Trinajstić information content (AvgIpc) is 2.80. The zero-order valence-corrected chi connectivity index (χ0v) is 12.8. The Labute approximate surface area is 133 Å². The minimum Gasteiger partial charge on any atom is -0.352 e. The summed E-state index contributed by atoms with van der Waals surface area (Å²) in [6.07, 6.45) is 0.542. The predicted octanol–water partition coefficient (Wildman–Crippen LogP) is 2.20. The van der Waals surface area contributed by atoms with Gasteiger partial charge in [-0.25, -0.2) is 4.39 Å². The van der Waals surface area contributed by atoms with Crippen LogP contribution in [0.3, 0.4) is 0 Å². The molecular formula is C18H17FN2O2. The summed E-state index contributed by atoms with van der Waals surface area (Å²) >= 11 is 0. The second kappa shape index (κ2) is 6.20. The van der Waals surface area contributed by atoms with Crippen molar-refractivity contribution in [3.63, 3.8) is 0 Å². The van der Waals surface area contributed by atoms with Crippen LogP contribution in [-0.4, -0.2) is 18.9 Å². The first-order valence-corrected chi connectivity index (χ1v) is 7.42. The van der Waals surface area contributed by atoms with Crippen LogP contribution < -0.4 is 10.2 Å². The van der Waals surface area contributed by atoms with E-state index in [9.17, 15) is 14.0 Å². The second-order valence-corrected chi connectivity index (χ2v) is 5.68. The standard InChI is InChI=1S/C18H17FN2O2/c1-21-16-6-5-13(7-14(16)10-18(21)23)11-20-17(22)9-12-3-2-4-15(19)8-12/h2-8H,9-11H2,1H3,(H,20,22). The third kappa shape index (κ3) is 3.39. The van der Waals surface area contributed by atoms with Gasteiger partial charge in [0, 0.05) is 19.3 Å². The van der Waals surface area contributed by atoms with Crippen LogP contribution in [0, 0.1) is 5.82 Å². The Morgan fingerprint density at radius 3 is 2.83 bits per heavy atom. The van der Waals surface area contributed by atoms with Crippen LogP contribution in [0.1, 0.15) is 16.7 Å². The van der Waals surface area contributed by atoms with Gasteiger partial charge in [0.1, 0.15) is 5.82 Å². The Balaban J connectivity index is 1.60. The quantitative estimate of drug-likeness (QED) is 0.941. The molecule has 5 heteroatoms. The number of benzene rings is 2. The fourth-order valence-corrected chi connectivity index (χ4v) is 2.73. The topological polar surface area (TPSA) is 49.4 Å². The lowest BCUT2D eigenvalue weighted by Crippen LogP contribution is -2.24. The SMILES string of the molecule is CN1C(=O)Cc2cc(CNC(=O)Cc3cccc(F)c3)ccc21. The summed E-state index contributed by atoms with van der Waals surface area (Å²) in [5.41, 5.74) is 3.49. The number of anilines is 1. The van der Waals surface area contributed by atoms with Gasteiger partial charge in [-0.2, -0.15) is 0 Å². The number of halogens is 1. The Bertz CT molecular complexity index is 773. The zero-order valence-electron chi connectivity index (χ0n) is 12.8. The highest BCUT2D eigenvalue weighted by atomic mass is 19.1. The van der Waals surface area contributed by atoms with Gasteiger partial charge in [-0.1, -0.05) is 24.3 Å². The first kappa shape index (κ1) is 15.2. The molecule has 118 valence electrons. The number of rotatable bonds is 4. The summed E-state index contributed by atoms with van der Waals surface area (Å²) in [6, 6.07) is 11.8. The van der Waals surface area contributed by atoms with Gasteiger partial charge in [0.2, 0.25) is 11.8 Å². The van der Waals surface area contributed by atoms with E-state index in [0.29, 0.717) is 18.5 Å². The third-order valence-corrected chi connectivity index (χ3v) is 3.96. The highest BCUT2D eigenvalue weighted by Gasteiger charge is 2.23. The molecule has 2 aromatic rings. The Morgan fingerprint density at radius 1 is 1.22 bits per heavy atom. The Hall–Kier alpha value is -2.69. The van der Waals surface area contributed by atoms with Crippen LogP contribution in [0.15, 0.2) is 42.5 Å². The van der Waals surface area contributed by atoms with Gasteiger partial charge in [0.25, 0.3) is 0 Å². The summed E-state index contributed by atoms with van der Waals surface area (Å²) in [6.45, 7) is 0.388. The highest BCUT2D eigenvalue weighted by Crippen LogP contribution is 2.28. The molecule has 23 heavy (non-hydrogen) atoms. The van der Waals surface area contributed by atoms with Crippen LogP contribution in [0.4, 0.5) is 10.1 Å². The number of carbonyl (C=O) groups excluding carboxylic acids is 2. The molecule has 0 saturated heterocycles. The lowest BCUT2D eigenvalue weighted by Gasteiger charge is -2.11. The van der Waals surface area contributed by atoms with E-state index in [2.05, 4.69) is 5.32 Å². The first-order valence-electron chi connectivity index (χ1n) is 7.42. The molecule has 4 nitrogen and oxygen atoms in total. The molecule has 0 aromatic heterocycles. The minimum absolute atomic E-state index is 0.0762. The largest absolute Gasteiger partial charge is 0.352 e. The molecule has 1 heterocycles. The molecule has 0 spiro atoms. The van der Waals surface area contributed by atoms with Crippen molar-refractivity contribution in [3.8, 4) is 0 Å². The summed E-state index contributed by atoms with van der Waals surface area (Å²) in [5, 5.41) is 2.82. The van der Waals surface area contributed by atoms with Gasteiger partial charge in [0.15, 0.2) is 0 Å². The van der Waals surface area contributed by atoms with Crippen molar-refractivity contribution in [3.05, 3.63) is 65.0 Å². The number of carbonyl (C=O) groups is 2. The van der Waals surface area contributed by atoms with Crippen LogP contribution in [0.5, 0.6) is 0 Å². The number of likely N-dealkylation sites (N-methyl/N-ethyl adjacent to an activating group) is 1. The van der Waals surface area contributed by atoms with Gasteiger partial charge in [0.05, 0.1) is 12.8 Å². The number of nitrogens with one attached hydrogen (secondary N) is 1. The lowest BCUT2D eigenvalue weighted by molar-refractivity contribution is -0.120. The average molecular weight is 312 g/mol. The molecule has 1 aliphatic heterocycles. The second-order valence-electron chi connectivity index (χ2n) is 5.68. The number of nitrogens with zero attached hydrogens (tertiary/aromatic N) is 1. The Kier molecular flexibility index (Phi) is 4.10. The molecule has 0 saturated carbocycles. The Morgan fingerprint density at radius 2 is 2.04 bits per heavy atom. The maximum absolute atomic E-state index is 13.1. The molecular weight excluding hydrogens is 295 g/mol. The van der Waals surface area contributed by atoms with E-state index in [-0.39, 0.29) is 24.1 Å². The van der Waals surface area contributed by atoms with E-state index in [1.54, 1.807) is 24.1 Å². The fourth-order valence-electron chi connectivity index (χ4n) is 2.73. The monoisotopic (exact) mass is 312 g/mol. The summed E-state index contributed by atoms with van der Waals surface area (Å²) < 4.78 is 13.1. The number of fused-ring (bicyclic) bond motifs is 1. The summed E-state index contributed by atoms with van der Waals surface area (Å²) in [7, 11) is 1.76. The molecule has 3 rings (SSSR count). The molecule has 0 aliphatic carbocycles. The van der Waals surface area contributed by atoms with Crippen molar-refractivity contribution in [1.29, 1.82) is 0 Å². The lowest BCUT2D eigenvalue weighted by atomic mass is 10.1. The van der Waals surface area contributed by atoms with Gasteiger partial charge < -0.3 is 10.2 Å². The predicted molar refractivity (Wildman–Crippen MR) is 85.5 cm³/mol. The van der Waals surface area contributed by atoms with E-state index in [1.165, 1.54) is 12.1 Å².